The first kappa shape index (κ1) is 22.5. The molecular formula is C22H21F4N3O2. The van der Waals surface area contributed by atoms with Gasteiger partial charge in [0, 0.05) is 17.8 Å². The molecular weight excluding hydrogens is 414 g/mol. The monoisotopic (exact) mass is 435 g/mol. The summed E-state index contributed by atoms with van der Waals surface area (Å²) in [4.78, 5) is 12.5. The van der Waals surface area contributed by atoms with E-state index in [1.807, 2.05) is 31.2 Å². The zero-order valence-electron chi connectivity index (χ0n) is 16.7. The number of hydrogen-bond acceptors (Lipinski definition) is 3. The van der Waals surface area contributed by atoms with Crippen molar-refractivity contribution in [2.75, 3.05) is 11.9 Å². The molecule has 0 spiro atoms. The third-order valence-electron chi connectivity index (χ3n) is 4.55. The molecule has 0 atom stereocenters. The molecule has 0 bridgehead atoms. The quantitative estimate of drug-likeness (QED) is 0.486. The van der Waals surface area contributed by atoms with E-state index in [0.29, 0.717) is 17.9 Å². The maximum atomic E-state index is 12.9. The summed E-state index contributed by atoms with van der Waals surface area (Å²) >= 11 is 0. The predicted octanol–water partition coefficient (Wildman–Crippen LogP) is 4.91. The molecule has 164 valence electrons. The van der Waals surface area contributed by atoms with Crippen molar-refractivity contribution in [1.29, 1.82) is 0 Å². The van der Waals surface area contributed by atoms with Crippen LogP contribution in [0.15, 0.2) is 60.8 Å². The van der Waals surface area contributed by atoms with Gasteiger partial charge in [-0.15, -0.1) is 0 Å². The van der Waals surface area contributed by atoms with Crippen LogP contribution in [0, 0.1) is 6.92 Å². The average molecular weight is 435 g/mol. The molecule has 0 aliphatic carbocycles. The number of carbonyl (C=O) groups excluding carboxylic acids is 1. The van der Waals surface area contributed by atoms with Crippen molar-refractivity contribution in [2.45, 2.75) is 32.4 Å². The Bertz CT molecular complexity index is 1040. The van der Waals surface area contributed by atoms with E-state index in [-0.39, 0.29) is 12.2 Å². The molecule has 0 aliphatic rings. The number of aromatic nitrogens is 2. The van der Waals surface area contributed by atoms with E-state index in [4.69, 9.17) is 4.74 Å². The Hall–Kier alpha value is -3.20. The molecule has 0 unspecified atom stereocenters. The van der Waals surface area contributed by atoms with Crippen LogP contribution in [0.25, 0.3) is 0 Å². The number of ether oxygens (including phenoxy) is 1. The van der Waals surface area contributed by atoms with Crippen molar-refractivity contribution in [1.82, 2.24) is 9.78 Å². The third-order valence-corrected chi connectivity index (χ3v) is 4.55. The van der Waals surface area contributed by atoms with Gasteiger partial charge in [0.15, 0.2) is 5.82 Å². The predicted molar refractivity (Wildman–Crippen MR) is 108 cm³/mol. The van der Waals surface area contributed by atoms with E-state index in [1.165, 1.54) is 12.1 Å². The second kappa shape index (κ2) is 9.74. The molecule has 1 amide bonds. The molecule has 0 fully saturated rings. The Morgan fingerprint density at radius 3 is 2.68 bits per heavy atom. The molecule has 9 heteroatoms. The number of alkyl halides is 4. The maximum absolute atomic E-state index is 12.9. The lowest BCUT2D eigenvalue weighted by Gasteiger charge is -2.15. The van der Waals surface area contributed by atoms with Gasteiger partial charge in [0.25, 0.3) is 5.91 Å². The summed E-state index contributed by atoms with van der Waals surface area (Å²) in [6.45, 7) is 0.833. The van der Waals surface area contributed by atoms with E-state index in [0.717, 1.165) is 11.1 Å². The summed E-state index contributed by atoms with van der Waals surface area (Å²) in [5, 5.41) is 7.00. The Labute approximate surface area is 176 Å². The van der Waals surface area contributed by atoms with Crippen LogP contribution in [0.3, 0.4) is 0 Å². The molecule has 31 heavy (non-hydrogen) atoms. The number of anilines is 1. The van der Waals surface area contributed by atoms with Crippen LogP contribution in [-0.2, 0) is 17.9 Å². The van der Waals surface area contributed by atoms with Crippen LogP contribution in [0.1, 0.15) is 27.0 Å². The van der Waals surface area contributed by atoms with Crippen LogP contribution in [0.2, 0.25) is 0 Å². The second-order valence-electron chi connectivity index (χ2n) is 7.03. The smallest absolute Gasteiger partial charge is 0.330 e. The van der Waals surface area contributed by atoms with Crippen molar-refractivity contribution >= 4 is 11.7 Å². The molecule has 0 radical (unpaired) electrons. The molecule has 3 rings (SSSR count). The Balaban J connectivity index is 1.58. The number of benzene rings is 2. The number of nitrogens with zero attached hydrogens (tertiary/aromatic N) is 2. The number of halogens is 4. The van der Waals surface area contributed by atoms with Gasteiger partial charge in [-0.25, -0.2) is 8.78 Å². The van der Waals surface area contributed by atoms with Crippen LogP contribution in [0.4, 0.5) is 23.4 Å². The maximum Gasteiger partial charge on any atom is 0.330 e. The van der Waals surface area contributed by atoms with Gasteiger partial charge in [-0.05, 0) is 35.7 Å². The largest absolute Gasteiger partial charge is 0.370 e. The minimum atomic E-state index is -4.22. The molecule has 3 aromatic rings. The van der Waals surface area contributed by atoms with Crippen LogP contribution in [-0.4, -0.2) is 34.6 Å². The van der Waals surface area contributed by atoms with Crippen molar-refractivity contribution in [3.05, 3.63) is 83.0 Å². The molecule has 5 nitrogen and oxygen atoms in total. The highest BCUT2D eigenvalue weighted by Gasteiger charge is 2.40. The second-order valence-corrected chi connectivity index (χ2v) is 7.03. The highest BCUT2D eigenvalue weighted by atomic mass is 19.3. The lowest BCUT2D eigenvalue weighted by Crippen LogP contribution is -2.32. The van der Waals surface area contributed by atoms with Gasteiger partial charge in [0.1, 0.15) is 6.61 Å². The minimum absolute atomic E-state index is 0.259. The van der Waals surface area contributed by atoms with Crippen LogP contribution >= 0.6 is 0 Å². The SMILES string of the molecule is Cc1ccccc1Cn1ccc(NC(=O)c2cccc(COCC(F)(F)C(F)F)c2)n1. The molecule has 0 aliphatic heterocycles. The van der Waals surface area contributed by atoms with Gasteiger partial charge in [-0.2, -0.15) is 13.9 Å². The summed E-state index contributed by atoms with van der Waals surface area (Å²) in [6, 6.07) is 15.7. The normalized spacial score (nSPS) is 11.7. The lowest BCUT2D eigenvalue weighted by atomic mass is 10.1. The highest BCUT2D eigenvalue weighted by Crippen LogP contribution is 2.23. The summed E-state index contributed by atoms with van der Waals surface area (Å²) in [5.74, 6) is -4.30. The molecule has 1 N–H and O–H groups in total. The topological polar surface area (TPSA) is 56.2 Å². The van der Waals surface area contributed by atoms with Crippen molar-refractivity contribution in [2.24, 2.45) is 0 Å². The summed E-state index contributed by atoms with van der Waals surface area (Å²) in [7, 11) is 0. The van der Waals surface area contributed by atoms with Crippen LogP contribution < -0.4 is 5.32 Å². The molecule has 1 heterocycles. The van der Waals surface area contributed by atoms with Gasteiger partial charge in [0.2, 0.25) is 0 Å². The van der Waals surface area contributed by atoms with E-state index < -0.39 is 24.9 Å². The van der Waals surface area contributed by atoms with Crippen LogP contribution in [0.5, 0.6) is 0 Å². The van der Waals surface area contributed by atoms with Crippen molar-refractivity contribution in [3.63, 3.8) is 0 Å². The van der Waals surface area contributed by atoms with E-state index >= 15 is 0 Å². The number of carbonyl (C=O) groups is 1. The van der Waals surface area contributed by atoms with Crippen molar-refractivity contribution < 1.29 is 27.1 Å². The van der Waals surface area contributed by atoms with E-state index in [9.17, 15) is 22.4 Å². The fraction of sp³-hybridized carbons (Fsp3) is 0.273. The van der Waals surface area contributed by atoms with Gasteiger partial charge in [0.05, 0.1) is 13.2 Å². The standard InChI is InChI=1S/C22H21F4N3O2/c1-15-5-2-3-7-18(15)12-29-10-9-19(28-29)27-20(30)17-8-4-6-16(11-17)13-31-14-22(25,26)21(23)24/h2-11,21H,12-14H2,1H3,(H,27,28,30). The number of rotatable bonds is 9. The lowest BCUT2D eigenvalue weighted by molar-refractivity contribution is -0.168. The van der Waals surface area contributed by atoms with Gasteiger partial charge < -0.3 is 10.1 Å². The molecule has 2 aromatic carbocycles. The summed E-state index contributed by atoms with van der Waals surface area (Å²) < 4.78 is 56.6. The van der Waals surface area contributed by atoms with Crippen molar-refractivity contribution in [3.8, 4) is 0 Å². The number of nitrogens with one attached hydrogen (secondary N) is 1. The van der Waals surface area contributed by atoms with Gasteiger partial charge in [-0.1, -0.05) is 36.4 Å². The number of aryl methyl sites for hydroxylation is 1. The minimum Gasteiger partial charge on any atom is -0.370 e. The van der Waals surface area contributed by atoms with Gasteiger partial charge in [-0.3, -0.25) is 9.48 Å². The number of hydrogen-bond donors (Lipinski definition) is 1. The molecule has 0 saturated carbocycles. The summed E-state index contributed by atoms with van der Waals surface area (Å²) in [5.41, 5.74) is 2.90. The average Bonchev–Trinajstić information content (AvgIpc) is 3.16. The Morgan fingerprint density at radius 2 is 1.94 bits per heavy atom. The fourth-order valence-corrected chi connectivity index (χ4v) is 2.84. The highest BCUT2D eigenvalue weighted by molar-refractivity contribution is 6.03. The Kier molecular flexibility index (Phi) is 7.06. The zero-order valence-corrected chi connectivity index (χ0v) is 16.7. The number of amides is 1. The van der Waals surface area contributed by atoms with Gasteiger partial charge >= 0.3 is 12.3 Å². The first-order chi connectivity index (χ1) is 14.7. The third kappa shape index (κ3) is 6.14. The Morgan fingerprint density at radius 1 is 1.16 bits per heavy atom. The molecule has 1 aromatic heterocycles. The first-order valence-corrected chi connectivity index (χ1v) is 9.46. The van der Waals surface area contributed by atoms with E-state index in [2.05, 4.69) is 10.4 Å². The fourth-order valence-electron chi connectivity index (χ4n) is 2.84. The molecule has 0 saturated heterocycles. The van der Waals surface area contributed by atoms with E-state index in [1.54, 1.807) is 29.1 Å². The first-order valence-electron chi connectivity index (χ1n) is 9.46. The zero-order chi connectivity index (χ0) is 22.4. The summed E-state index contributed by atoms with van der Waals surface area (Å²) in [6.07, 6.45) is -2.05.